The van der Waals surface area contributed by atoms with E-state index >= 15 is 0 Å². The van der Waals surface area contributed by atoms with Gasteiger partial charge in [0.1, 0.15) is 10.7 Å². The van der Waals surface area contributed by atoms with Gasteiger partial charge in [0.25, 0.3) is 0 Å². The van der Waals surface area contributed by atoms with E-state index in [2.05, 4.69) is 38.7 Å². The molecule has 0 atom stereocenters. The number of aromatic nitrogens is 5. The van der Waals surface area contributed by atoms with Crippen molar-refractivity contribution < 1.29 is 4.79 Å². The number of hydrogen-bond donors (Lipinski definition) is 1. The van der Waals surface area contributed by atoms with Crippen LogP contribution in [0.2, 0.25) is 0 Å². The molecule has 29 heavy (non-hydrogen) atoms. The smallest absolute Gasteiger partial charge is 0.236 e. The van der Waals surface area contributed by atoms with Crippen LogP contribution in [0.4, 0.5) is 5.13 Å². The van der Waals surface area contributed by atoms with E-state index in [0.717, 1.165) is 34.5 Å². The first-order valence-electron chi connectivity index (χ1n) is 9.63. The first kappa shape index (κ1) is 19.0. The van der Waals surface area contributed by atoms with Gasteiger partial charge >= 0.3 is 0 Å². The molecule has 0 unspecified atom stereocenters. The number of anilines is 1. The lowest BCUT2D eigenvalue weighted by atomic mass is 9.97. The molecule has 4 aromatic heterocycles. The van der Waals surface area contributed by atoms with Crippen molar-refractivity contribution in [2.75, 3.05) is 11.1 Å². The van der Waals surface area contributed by atoms with Gasteiger partial charge in [-0.3, -0.25) is 9.20 Å². The molecular weight excluding hydrogens is 424 g/mol. The molecule has 0 saturated heterocycles. The van der Waals surface area contributed by atoms with Gasteiger partial charge in [-0.05, 0) is 31.2 Å². The van der Waals surface area contributed by atoms with Gasteiger partial charge in [0.15, 0.2) is 15.9 Å². The van der Waals surface area contributed by atoms with Crippen LogP contribution in [0.1, 0.15) is 48.9 Å². The highest BCUT2D eigenvalue weighted by Gasteiger charge is 2.24. The van der Waals surface area contributed by atoms with Crippen molar-refractivity contribution in [3.63, 3.8) is 0 Å². The largest absolute Gasteiger partial charge is 0.301 e. The van der Waals surface area contributed by atoms with E-state index in [1.54, 1.807) is 17.5 Å². The number of rotatable bonds is 5. The molecule has 0 aromatic carbocycles. The summed E-state index contributed by atoms with van der Waals surface area (Å²) in [6, 6.07) is 0. The summed E-state index contributed by atoms with van der Waals surface area (Å²) in [5.74, 6) is 1.31. The van der Waals surface area contributed by atoms with Crippen molar-refractivity contribution in [3.05, 3.63) is 27.8 Å². The Bertz CT molecular complexity index is 1190. The van der Waals surface area contributed by atoms with Crippen molar-refractivity contribution in [2.45, 2.75) is 50.6 Å². The Morgan fingerprint density at radius 2 is 2.17 bits per heavy atom. The van der Waals surface area contributed by atoms with Crippen molar-refractivity contribution in [1.82, 2.24) is 24.6 Å². The Kier molecular flexibility index (Phi) is 5.00. The maximum atomic E-state index is 12.3. The molecule has 0 saturated carbocycles. The lowest BCUT2D eigenvalue weighted by Crippen LogP contribution is -2.14. The fraction of sp³-hybridized carbons (Fsp3) is 0.421. The van der Waals surface area contributed by atoms with Crippen LogP contribution < -0.4 is 5.32 Å². The lowest BCUT2D eigenvalue weighted by molar-refractivity contribution is -0.113. The van der Waals surface area contributed by atoms with Crippen molar-refractivity contribution in [3.8, 4) is 0 Å². The Hall–Kier alpha value is -2.04. The second-order valence-electron chi connectivity index (χ2n) is 7.33. The molecular formula is C19H20N6OS3. The molecule has 4 aromatic rings. The molecule has 0 aliphatic heterocycles. The highest BCUT2D eigenvalue weighted by molar-refractivity contribution is 7.99. The third-order valence-corrected chi connectivity index (χ3v) is 7.79. The van der Waals surface area contributed by atoms with E-state index in [4.69, 9.17) is 4.98 Å². The van der Waals surface area contributed by atoms with Gasteiger partial charge in [0.2, 0.25) is 5.91 Å². The molecule has 0 bridgehead atoms. The number of thiazole rings is 1. The second kappa shape index (κ2) is 7.66. The molecule has 1 aliphatic rings. The Morgan fingerprint density at radius 3 is 2.97 bits per heavy atom. The maximum absolute atomic E-state index is 12.3. The van der Waals surface area contributed by atoms with Crippen LogP contribution in [0.25, 0.3) is 15.9 Å². The SMILES string of the molecule is CC(C)c1nc2sc3c(c2c2nnc(SCC(=O)Nc4nccs4)n12)CCCC3. The Balaban J connectivity index is 1.53. The zero-order valence-electron chi connectivity index (χ0n) is 16.1. The summed E-state index contributed by atoms with van der Waals surface area (Å²) in [7, 11) is 0. The average molecular weight is 445 g/mol. The van der Waals surface area contributed by atoms with E-state index < -0.39 is 0 Å². The van der Waals surface area contributed by atoms with Crippen LogP contribution in [0.3, 0.4) is 0 Å². The normalized spacial score (nSPS) is 14.0. The third kappa shape index (κ3) is 3.43. The number of fused-ring (bicyclic) bond motifs is 5. The quantitative estimate of drug-likeness (QED) is 0.455. The van der Waals surface area contributed by atoms with Crippen LogP contribution in [0.15, 0.2) is 16.7 Å². The van der Waals surface area contributed by atoms with Crippen molar-refractivity contribution in [1.29, 1.82) is 0 Å². The Labute approximate surface area is 180 Å². The number of hydrogen-bond acceptors (Lipinski definition) is 8. The number of carbonyl (C=O) groups is 1. The molecule has 10 heteroatoms. The van der Waals surface area contributed by atoms with Gasteiger partial charge in [-0.1, -0.05) is 25.6 Å². The molecule has 1 N–H and O–H groups in total. The summed E-state index contributed by atoms with van der Waals surface area (Å²) >= 11 is 4.60. The molecule has 0 fully saturated rings. The molecule has 0 radical (unpaired) electrons. The Morgan fingerprint density at radius 1 is 1.31 bits per heavy atom. The molecule has 150 valence electrons. The molecule has 0 spiro atoms. The second-order valence-corrected chi connectivity index (χ2v) is 10.3. The zero-order chi connectivity index (χ0) is 20.0. The van der Waals surface area contributed by atoms with E-state index in [1.165, 1.54) is 46.4 Å². The summed E-state index contributed by atoms with van der Waals surface area (Å²) in [6.07, 6.45) is 6.34. The lowest BCUT2D eigenvalue weighted by Gasteiger charge is -2.12. The number of carbonyl (C=O) groups excluding carboxylic acids is 1. The summed E-state index contributed by atoms with van der Waals surface area (Å²) in [5.41, 5.74) is 2.27. The van der Waals surface area contributed by atoms with Crippen LogP contribution in [0, 0.1) is 0 Å². The molecule has 1 amide bonds. The monoisotopic (exact) mass is 444 g/mol. The van der Waals surface area contributed by atoms with E-state index in [1.807, 2.05) is 5.38 Å². The zero-order valence-corrected chi connectivity index (χ0v) is 18.6. The van der Waals surface area contributed by atoms with Gasteiger partial charge in [-0.15, -0.1) is 32.9 Å². The predicted molar refractivity (Wildman–Crippen MR) is 118 cm³/mol. The minimum absolute atomic E-state index is 0.102. The first-order valence-corrected chi connectivity index (χ1v) is 12.3. The van der Waals surface area contributed by atoms with Gasteiger partial charge in [0.05, 0.1) is 11.1 Å². The number of nitrogens with zero attached hydrogens (tertiary/aromatic N) is 5. The standard InChI is InChI=1S/C19H20N6OS3/c1-10(2)15-22-17-14(11-5-3-4-6-12(11)29-17)16-23-24-19(25(15)16)28-9-13(26)21-18-20-7-8-27-18/h7-8,10H,3-6,9H2,1-2H3,(H,20,21,26). The predicted octanol–water partition coefficient (Wildman–Crippen LogP) is 4.53. The fourth-order valence-corrected chi connectivity index (χ4v) is 6.25. The molecule has 1 aliphatic carbocycles. The average Bonchev–Trinajstić information content (AvgIpc) is 3.43. The highest BCUT2D eigenvalue weighted by atomic mass is 32.2. The molecule has 4 heterocycles. The van der Waals surface area contributed by atoms with Gasteiger partial charge in [-0.2, -0.15) is 0 Å². The number of aryl methyl sites for hydroxylation is 2. The summed E-state index contributed by atoms with van der Waals surface area (Å²) in [5, 5.41) is 16.1. The van der Waals surface area contributed by atoms with Crippen molar-refractivity contribution >= 4 is 61.3 Å². The minimum Gasteiger partial charge on any atom is -0.301 e. The number of thiophene rings is 1. The van der Waals surface area contributed by atoms with Gasteiger partial charge in [0, 0.05) is 22.4 Å². The molecule has 5 rings (SSSR count). The summed E-state index contributed by atoms with van der Waals surface area (Å²) in [4.78, 5) is 23.9. The first-order chi connectivity index (χ1) is 14.1. The van der Waals surface area contributed by atoms with Crippen LogP contribution >= 0.6 is 34.4 Å². The maximum Gasteiger partial charge on any atom is 0.236 e. The number of thioether (sulfide) groups is 1. The van der Waals surface area contributed by atoms with E-state index in [-0.39, 0.29) is 17.6 Å². The third-order valence-electron chi connectivity index (χ3n) is 4.98. The minimum atomic E-state index is -0.102. The summed E-state index contributed by atoms with van der Waals surface area (Å²) in [6.45, 7) is 4.26. The van der Waals surface area contributed by atoms with Crippen LogP contribution in [0.5, 0.6) is 0 Å². The number of amides is 1. The van der Waals surface area contributed by atoms with Gasteiger partial charge < -0.3 is 5.32 Å². The fourth-order valence-electron chi connectivity index (χ4n) is 3.70. The van der Waals surface area contributed by atoms with Gasteiger partial charge in [-0.25, -0.2) is 9.97 Å². The van der Waals surface area contributed by atoms with E-state index in [9.17, 15) is 4.79 Å². The highest BCUT2D eigenvalue weighted by Crippen LogP contribution is 2.39. The van der Waals surface area contributed by atoms with E-state index in [0.29, 0.717) is 10.3 Å². The van der Waals surface area contributed by atoms with Crippen molar-refractivity contribution in [2.24, 2.45) is 0 Å². The number of nitrogens with one attached hydrogen (secondary N) is 1. The topological polar surface area (TPSA) is 85.1 Å². The molecule has 7 nitrogen and oxygen atoms in total. The van der Waals surface area contributed by atoms with Crippen LogP contribution in [-0.2, 0) is 17.6 Å². The summed E-state index contributed by atoms with van der Waals surface area (Å²) < 4.78 is 2.05. The van der Waals surface area contributed by atoms with Crippen LogP contribution in [-0.4, -0.2) is 36.2 Å².